The minimum absolute atomic E-state index is 0.0483. The van der Waals surface area contributed by atoms with Crippen molar-refractivity contribution in [2.75, 3.05) is 6.54 Å². The summed E-state index contributed by atoms with van der Waals surface area (Å²) < 4.78 is 0. The molecule has 0 amide bonds. The zero-order valence-electron chi connectivity index (χ0n) is 15.7. The van der Waals surface area contributed by atoms with Crippen molar-refractivity contribution in [1.29, 1.82) is 0 Å². The van der Waals surface area contributed by atoms with Crippen molar-refractivity contribution in [3.63, 3.8) is 0 Å². The van der Waals surface area contributed by atoms with Gasteiger partial charge in [-0.15, -0.1) is 6.58 Å². The predicted molar refractivity (Wildman–Crippen MR) is 110 cm³/mol. The lowest BCUT2D eigenvalue weighted by Crippen LogP contribution is -2.15. The molecular weight excluding hydrogens is 302 g/mol. The highest BCUT2D eigenvalue weighted by Gasteiger charge is 2.35. The summed E-state index contributed by atoms with van der Waals surface area (Å²) in [6.07, 6.45) is 6.18. The molecule has 1 N–H and O–H groups in total. The summed E-state index contributed by atoms with van der Waals surface area (Å²) in [5.74, 6) is 0. The Kier molecular flexibility index (Phi) is 4.67. The second-order valence-corrected chi connectivity index (χ2v) is 7.17. The zero-order valence-corrected chi connectivity index (χ0v) is 15.7. The molecule has 0 saturated carbocycles. The average molecular weight is 329 g/mol. The fourth-order valence-corrected chi connectivity index (χ4v) is 3.69. The van der Waals surface area contributed by atoms with E-state index >= 15 is 0 Å². The van der Waals surface area contributed by atoms with Gasteiger partial charge in [0.2, 0.25) is 0 Å². The zero-order chi connectivity index (χ0) is 18.0. The Bertz CT molecular complexity index is 865. The van der Waals surface area contributed by atoms with Gasteiger partial charge < -0.3 is 5.32 Å². The third-order valence-corrected chi connectivity index (χ3v) is 5.17. The van der Waals surface area contributed by atoms with Crippen LogP contribution in [0.3, 0.4) is 0 Å². The van der Waals surface area contributed by atoms with Crippen molar-refractivity contribution in [2.45, 2.75) is 33.1 Å². The molecule has 2 aromatic carbocycles. The molecule has 0 heterocycles. The molecule has 0 spiro atoms. The van der Waals surface area contributed by atoms with E-state index in [1.54, 1.807) is 0 Å². The van der Waals surface area contributed by atoms with Crippen molar-refractivity contribution in [1.82, 2.24) is 5.32 Å². The van der Waals surface area contributed by atoms with Gasteiger partial charge in [-0.2, -0.15) is 0 Å². The average Bonchev–Trinajstić information content (AvgIpc) is 2.86. The topological polar surface area (TPSA) is 12.0 Å². The molecule has 0 fully saturated rings. The van der Waals surface area contributed by atoms with Gasteiger partial charge in [0.25, 0.3) is 0 Å². The number of hydrogen-bond acceptors (Lipinski definition) is 1. The second-order valence-electron chi connectivity index (χ2n) is 7.17. The molecule has 0 unspecified atom stereocenters. The van der Waals surface area contributed by atoms with Gasteiger partial charge in [-0.1, -0.05) is 62.4 Å². The molecule has 1 nitrogen and oxygen atoms in total. The predicted octanol–water partition coefficient (Wildman–Crippen LogP) is 6.08. The van der Waals surface area contributed by atoms with E-state index in [9.17, 15) is 0 Å². The molecule has 128 valence electrons. The minimum atomic E-state index is 0.0483. The van der Waals surface area contributed by atoms with E-state index in [4.69, 9.17) is 0 Å². The maximum atomic E-state index is 3.77. The van der Waals surface area contributed by atoms with Crippen LogP contribution in [0.4, 0.5) is 0 Å². The van der Waals surface area contributed by atoms with Crippen LogP contribution in [0.1, 0.15) is 44.4 Å². The number of benzene rings is 2. The Morgan fingerprint density at radius 1 is 1.08 bits per heavy atom. The van der Waals surface area contributed by atoms with Crippen LogP contribution in [0, 0.1) is 0 Å². The smallest absolute Gasteiger partial charge is 0.0328 e. The van der Waals surface area contributed by atoms with E-state index in [2.05, 4.69) is 94.2 Å². The SMILES string of the molecule is C=CCNC(=C/C)/C=C(\C)c1ccc2c(c1)C(C)(C)c1ccccc1-2. The molecular formula is C24H27N. The van der Waals surface area contributed by atoms with Crippen molar-refractivity contribution >= 4 is 5.57 Å². The highest BCUT2D eigenvalue weighted by Crippen LogP contribution is 2.48. The van der Waals surface area contributed by atoms with E-state index in [0.29, 0.717) is 0 Å². The first-order chi connectivity index (χ1) is 12.0. The van der Waals surface area contributed by atoms with Crippen LogP contribution in [-0.4, -0.2) is 6.54 Å². The summed E-state index contributed by atoms with van der Waals surface area (Å²) in [7, 11) is 0. The molecule has 25 heavy (non-hydrogen) atoms. The summed E-state index contributed by atoms with van der Waals surface area (Å²) in [5.41, 5.74) is 9.29. The molecule has 0 saturated heterocycles. The number of hydrogen-bond donors (Lipinski definition) is 1. The van der Waals surface area contributed by atoms with Crippen molar-refractivity contribution in [2.24, 2.45) is 0 Å². The molecule has 1 aliphatic rings. The van der Waals surface area contributed by atoms with Gasteiger partial charge >= 0.3 is 0 Å². The van der Waals surface area contributed by atoms with Crippen molar-refractivity contribution in [3.8, 4) is 11.1 Å². The van der Waals surface area contributed by atoms with E-state index in [0.717, 1.165) is 12.2 Å². The Labute approximate surface area is 151 Å². The van der Waals surface area contributed by atoms with E-state index < -0.39 is 0 Å². The van der Waals surface area contributed by atoms with Crippen LogP contribution in [0.25, 0.3) is 16.7 Å². The molecule has 0 aromatic heterocycles. The number of rotatable bonds is 5. The number of fused-ring (bicyclic) bond motifs is 3. The molecule has 2 aromatic rings. The lowest BCUT2D eigenvalue weighted by Gasteiger charge is -2.22. The Morgan fingerprint density at radius 3 is 2.52 bits per heavy atom. The van der Waals surface area contributed by atoms with Gasteiger partial charge in [-0.05, 0) is 59.4 Å². The number of nitrogens with one attached hydrogen (secondary N) is 1. The Hall–Kier alpha value is -2.54. The van der Waals surface area contributed by atoms with Gasteiger partial charge in [-0.25, -0.2) is 0 Å². The third-order valence-electron chi connectivity index (χ3n) is 5.17. The maximum absolute atomic E-state index is 3.77. The maximum Gasteiger partial charge on any atom is 0.0328 e. The van der Waals surface area contributed by atoms with Gasteiger partial charge in [0, 0.05) is 17.7 Å². The lowest BCUT2D eigenvalue weighted by molar-refractivity contribution is 0.660. The van der Waals surface area contributed by atoms with E-state index in [-0.39, 0.29) is 5.41 Å². The van der Waals surface area contributed by atoms with Gasteiger partial charge in [-0.3, -0.25) is 0 Å². The highest BCUT2D eigenvalue weighted by molar-refractivity contribution is 5.83. The quantitative estimate of drug-likeness (QED) is 0.518. The van der Waals surface area contributed by atoms with Crippen molar-refractivity contribution in [3.05, 3.63) is 89.7 Å². The fourth-order valence-electron chi connectivity index (χ4n) is 3.69. The lowest BCUT2D eigenvalue weighted by atomic mass is 9.81. The molecule has 0 bridgehead atoms. The van der Waals surface area contributed by atoms with Crippen LogP contribution >= 0.6 is 0 Å². The van der Waals surface area contributed by atoms with Crippen LogP contribution in [0.15, 0.2) is 73.0 Å². The Balaban J connectivity index is 2.00. The van der Waals surface area contributed by atoms with Crippen molar-refractivity contribution < 1.29 is 0 Å². The molecule has 3 rings (SSSR count). The molecule has 0 radical (unpaired) electrons. The number of allylic oxidation sites excluding steroid dienone is 3. The summed E-state index contributed by atoms with van der Waals surface area (Å²) in [6.45, 7) is 13.4. The first-order valence-electron chi connectivity index (χ1n) is 8.93. The summed E-state index contributed by atoms with van der Waals surface area (Å²) in [4.78, 5) is 0. The van der Waals surface area contributed by atoms with Gasteiger partial charge in [0.15, 0.2) is 0 Å². The molecule has 1 aliphatic carbocycles. The molecule has 0 atom stereocenters. The first kappa shape index (κ1) is 17.3. The summed E-state index contributed by atoms with van der Waals surface area (Å²) in [5, 5.41) is 3.37. The monoisotopic (exact) mass is 329 g/mol. The van der Waals surface area contributed by atoms with Crippen LogP contribution in [0.2, 0.25) is 0 Å². The van der Waals surface area contributed by atoms with Crippen LogP contribution in [-0.2, 0) is 5.41 Å². The summed E-state index contributed by atoms with van der Waals surface area (Å²) in [6, 6.07) is 15.7. The standard InChI is InChI=1S/C24H27N/c1-6-14-25-19(7-2)15-17(3)18-12-13-21-20-10-8-9-11-22(20)24(4,5)23(21)16-18/h6-13,15-16,25H,1,14H2,2-5H3/b17-15+,19-7+. The van der Waals surface area contributed by atoms with Gasteiger partial charge in [0.05, 0.1) is 0 Å². The normalized spacial score (nSPS) is 15.5. The third kappa shape index (κ3) is 3.07. The van der Waals surface area contributed by atoms with Crippen LogP contribution in [0.5, 0.6) is 0 Å². The Morgan fingerprint density at radius 2 is 1.80 bits per heavy atom. The largest absolute Gasteiger partial charge is 0.382 e. The minimum Gasteiger partial charge on any atom is -0.382 e. The van der Waals surface area contributed by atoms with Crippen LogP contribution < -0.4 is 5.32 Å². The second kappa shape index (κ2) is 6.76. The van der Waals surface area contributed by atoms with Gasteiger partial charge in [0.1, 0.15) is 0 Å². The van der Waals surface area contributed by atoms with E-state index in [1.807, 2.05) is 6.08 Å². The fraction of sp³-hybridized carbons (Fsp3) is 0.250. The highest BCUT2D eigenvalue weighted by atomic mass is 14.9. The van der Waals surface area contributed by atoms with E-state index in [1.165, 1.54) is 33.4 Å². The molecule has 1 heteroatoms. The first-order valence-corrected chi connectivity index (χ1v) is 8.93. The molecule has 0 aliphatic heterocycles. The summed E-state index contributed by atoms with van der Waals surface area (Å²) >= 11 is 0.